The third kappa shape index (κ3) is 4.43. The number of nitrogens with zero attached hydrogens (tertiary/aromatic N) is 3. The first-order valence-electron chi connectivity index (χ1n) is 11.7. The fraction of sp³-hybridized carbons (Fsp3) is 0.222. The average molecular weight is 484 g/mol. The number of aromatic nitrogens is 1. The van der Waals surface area contributed by atoms with E-state index in [-0.39, 0.29) is 23.2 Å². The number of rotatable bonds is 4. The van der Waals surface area contributed by atoms with Gasteiger partial charge in [0.25, 0.3) is 11.8 Å². The minimum absolute atomic E-state index is 0.0661. The lowest BCUT2D eigenvalue weighted by Crippen LogP contribution is -2.31. The molecular weight excluding hydrogens is 458 g/mol. The summed E-state index contributed by atoms with van der Waals surface area (Å²) < 4.78 is 0. The summed E-state index contributed by atoms with van der Waals surface area (Å²) in [6.07, 6.45) is 2.09. The van der Waals surface area contributed by atoms with Crippen molar-refractivity contribution in [3.63, 3.8) is 0 Å². The molecule has 0 fully saturated rings. The van der Waals surface area contributed by atoms with Gasteiger partial charge < -0.3 is 20.4 Å². The smallest absolute Gasteiger partial charge is 0.274 e. The molecule has 2 N–H and O–H groups in total. The first kappa shape index (κ1) is 23.2. The molecule has 0 saturated carbocycles. The fourth-order valence-electron chi connectivity index (χ4n) is 4.55. The van der Waals surface area contributed by atoms with Gasteiger partial charge in [0, 0.05) is 49.7 Å². The zero-order valence-electron chi connectivity index (χ0n) is 20.0. The summed E-state index contributed by atoms with van der Waals surface area (Å²) in [5, 5.41) is 5.65. The van der Waals surface area contributed by atoms with Gasteiger partial charge in [-0.3, -0.25) is 19.2 Å². The van der Waals surface area contributed by atoms with E-state index in [0.29, 0.717) is 37.1 Å². The van der Waals surface area contributed by atoms with Gasteiger partial charge in [-0.15, -0.1) is 0 Å². The molecule has 4 amide bonds. The third-order valence-corrected chi connectivity index (χ3v) is 6.58. The summed E-state index contributed by atoms with van der Waals surface area (Å²) in [5.41, 5.74) is 5.04. The van der Waals surface area contributed by atoms with Crippen LogP contribution < -0.4 is 20.4 Å². The largest absolute Gasteiger partial charge is 0.321 e. The SMILES string of the molecule is CN1C(=O)CCc2cc(NC(=O)c3cccc(C(=O)Nc4ccc5c(c4)CCC(=O)N5C)n3)ccc21. The number of benzene rings is 2. The minimum atomic E-state index is -0.439. The van der Waals surface area contributed by atoms with Crippen molar-refractivity contribution < 1.29 is 19.2 Å². The molecule has 3 aromatic rings. The summed E-state index contributed by atoms with van der Waals surface area (Å²) >= 11 is 0. The zero-order chi connectivity index (χ0) is 25.4. The second kappa shape index (κ2) is 9.26. The van der Waals surface area contributed by atoms with E-state index in [2.05, 4.69) is 15.6 Å². The predicted octanol–water partition coefficient (Wildman–Crippen LogP) is 3.40. The number of carbonyl (C=O) groups is 4. The van der Waals surface area contributed by atoms with Crippen molar-refractivity contribution in [1.29, 1.82) is 0 Å². The van der Waals surface area contributed by atoms with Gasteiger partial charge in [0.05, 0.1) is 0 Å². The van der Waals surface area contributed by atoms with Gasteiger partial charge in [0.2, 0.25) is 11.8 Å². The molecule has 2 aliphatic heterocycles. The van der Waals surface area contributed by atoms with Crippen LogP contribution in [0, 0.1) is 0 Å². The Morgan fingerprint density at radius 3 is 1.58 bits per heavy atom. The Balaban J connectivity index is 1.29. The Bertz CT molecular complexity index is 1310. The summed E-state index contributed by atoms with van der Waals surface area (Å²) in [4.78, 5) is 57.0. The lowest BCUT2D eigenvalue weighted by Gasteiger charge is -2.26. The molecule has 0 saturated heterocycles. The van der Waals surface area contributed by atoms with Crippen LogP contribution in [-0.4, -0.2) is 42.7 Å². The van der Waals surface area contributed by atoms with Crippen molar-refractivity contribution in [2.75, 3.05) is 34.5 Å². The standard InChI is InChI=1S/C27H25N5O4/c1-31-22-10-8-18(14-16(22)6-12-24(31)33)28-26(35)20-4-3-5-21(30-20)27(36)29-19-9-11-23-17(15-19)7-13-25(34)32(23)2/h3-5,8-11,14-15H,6-7,12-13H2,1-2H3,(H,28,35)(H,29,36). The Morgan fingerprint density at radius 1 is 0.694 bits per heavy atom. The van der Waals surface area contributed by atoms with Crippen LogP contribution in [0.3, 0.4) is 0 Å². The molecule has 2 aliphatic rings. The highest BCUT2D eigenvalue weighted by molar-refractivity contribution is 6.07. The maximum atomic E-state index is 12.8. The Labute approximate surface area is 208 Å². The Hall–Kier alpha value is -4.53. The van der Waals surface area contributed by atoms with E-state index in [1.165, 1.54) is 0 Å². The average Bonchev–Trinajstić information content (AvgIpc) is 2.88. The number of hydrogen-bond donors (Lipinski definition) is 2. The highest BCUT2D eigenvalue weighted by Gasteiger charge is 2.23. The van der Waals surface area contributed by atoms with Crippen LogP contribution in [0.1, 0.15) is 44.9 Å². The number of pyridine rings is 1. The zero-order valence-corrected chi connectivity index (χ0v) is 20.0. The molecular formula is C27H25N5O4. The van der Waals surface area contributed by atoms with Crippen molar-refractivity contribution >= 4 is 46.4 Å². The molecule has 0 bridgehead atoms. The Kier molecular flexibility index (Phi) is 5.97. The number of amides is 4. The van der Waals surface area contributed by atoms with E-state index in [4.69, 9.17) is 0 Å². The van der Waals surface area contributed by atoms with E-state index in [1.54, 1.807) is 54.2 Å². The van der Waals surface area contributed by atoms with Crippen molar-refractivity contribution in [3.05, 3.63) is 77.1 Å². The van der Waals surface area contributed by atoms with Gasteiger partial charge in [-0.2, -0.15) is 0 Å². The van der Waals surface area contributed by atoms with Gasteiger partial charge in [-0.05, 0) is 72.5 Å². The van der Waals surface area contributed by atoms with Crippen molar-refractivity contribution in [1.82, 2.24) is 4.98 Å². The lowest BCUT2D eigenvalue weighted by atomic mass is 10.0. The second-order valence-electron chi connectivity index (χ2n) is 8.91. The maximum Gasteiger partial charge on any atom is 0.274 e. The molecule has 0 aliphatic carbocycles. The van der Waals surface area contributed by atoms with Gasteiger partial charge in [0.15, 0.2) is 0 Å². The molecule has 182 valence electrons. The highest BCUT2D eigenvalue weighted by Crippen LogP contribution is 2.30. The van der Waals surface area contributed by atoms with Gasteiger partial charge in [-0.25, -0.2) is 4.98 Å². The van der Waals surface area contributed by atoms with E-state index >= 15 is 0 Å². The molecule has 9 heteroatoms. The molecule has 0 radical (unpaired) electrons. The highest BCUT2D eigenvalue weighted by atomic mass is 16.2. The summed E-state index contributed by atoms with van der Waals surface area (Å²) in [6, 6.07) is 15.5. The van der Waals surface area contributed by atoms with Crippen molar-refractivity contribution in [2.24, 2.45) is 0 Å². The number of fused-ring (bicyclic) bond motifs is 2. The molecule has 0 atom stereocenters. The number of hydrogen-bond acceptors (Lipinski definition) is 5. The first-order valence-corrected chi connectivity index (χ1v) is 11.7. The van der Waals surface area contributed by atoms with Crippen LogP contribution in [0.5, 0.6) is 0 Å². The molecule has 3 heterocycles. The molecule has 36 heavy (non-hydrogen) atoms. The quantitative estimate of drug-likeness (QED) is 0.591. The number of anilines is 4. The number of nitrogens with one attached hydrogen (secondary N) is 2. The maximum absolute atomic E-state index is 12.8. The van der Waals surface area contributed by atoms with Gasteiger partial charge in [0.1, 0.15) is 11.4 Å². The predicted molar refractivity (Wildman–Crippen MR) is 136 cm³/mol. The van der Waals surface area contributed by atoms with Crippen LogP contribution in [0.25, 0.3) is 0 Å². The molecule has 0 spiro atoms. The van der Waals surface area contributed by atoms with E-state index in [9.17, 15) is 19.2 Å². The topological polar surface area (TPSA) is 112 Å². The Morgan fingerprint density at radius 2 is 1.14 bits per heavy atom. The molecule has 2 aromatic carbocycles. The van der Waals surface area contributed by atoms with Crippen molar-refractivity contribution in [2.45, 2.75) is 25.7 Å². The first-order chi connectivity index (χ1) is 17.3. The van der Waals surface area contributed by atoms with Crippen LogP contribution in [0.15, 0.2) is 54.6 Å². The van der Waals surface area contributed by atoms with Crippen LogP contribution in [0.4, 0.5) is 22.7 Å². The van der Waals surface area contributed by atoms with Gasteiger partial charge in [-0.1, -0.05) is 6.07 Å². The molecule has 5 rings (SSSR count). The molecule has 1 aromatic heterocycles. The second-order valence-corrected chi connectivity index (χ2v) is 8.91. The van der Waals surface area contributed by atoms with Gasteiger partial charge >= 0.3 is 0 Å². The summed E-state index contributed by atoms with van der Waals surface area (Å²) in [6.45, 7) is 0. The van der Waals surface area contributed by atoms with Crippen molar-refractivity contribution in [3.8, 4) is 0 Å². The van der Waals surface area contributed by atoms with E-state index in [0.717, 1.165) is 22.5 Å². The number of aryl methyl sites for hydroxylation is 2. The van der Waals surface area contributed by atoms with Crippen LogP contribution in [-0.2, 0) is 22.4 Å². The van der Waals surface area contributed by atoms with Crippen LogP contribution >= 0.6 is 0 Å². The summed E-state index contributed by atoms with van der Waals surface area (Å²) in [7, 11) is 3.48. The number of carbonyl (C=O) groups excluding carboxylic acids is 4. The summed E-state index contributed by atoms with van der Waals surface area (Å²) in [5.74, 6) is -0.745. The van der Waals surface area contributed by atoms with Crippen LogP contribution in [0.2, 0.25) is 0 Å². The molecule has 0 unspecified atom stereocenters. The fourth-order valence-corrected chi connectivity index (χ4v) is 4.55. The normalized spacial score (nSPS) is 14.7. The minimum Gasteiger partial charge on any atom is -0.321 e. The monoisotopic (exact) mass is 483 g/mol. The molecule has 9 nitrogen and oxygen atoms in total. The van der Waals surface area contributed by atoms with E-state index < -0.39 is 11.8 Å². The lowest BCUT2D eigenvalue weighted by molar-refractivity contribution is -0.119. The third-order valence-electron chi connectivity index (χ3n) is 6.58. The van der Waals surface area contributed by atoms with E-state index in [1.807, 2.05) is 24.3 Å².